The molecule has 0 saturated heterocycles. The first-order chi connectivity index (χ1) is 20.3. The molecular formula is C28H24ClF3N6O4S. The highest BCUT2D eigenvalue weighted by Crippen LogP contribution is 2.34. The van der Waals surface area contributed by atoms with Crippen molar-refractivity contribution in [3.8, 4) is 5.69 Å². The summed E-state index contributed by atoms with van der Waals surface area (Å²) in [4.78, 5) is 36.4. The minimum atomic E-state index is -4.61. The fourth-order valence-corrected chi connectivity index (χ4v) is 5.09. The number of nitro benzene ring substituents is 1. The second-order valence-corrected chi connectivity index (χ2v) is 10.7. The number of carbonyl (C=O) groups excluding carboxylic acids is 2. The number of hydrogen-bond acceptors (Lipinski definition) is 7. The molecule has 3 aromatic carbocycles. The molecule has 4 rings (SSSR count). The normalized spacial score (nSPS) is 11.3. The van der Waals surface area contributed by atoms with Gasteiger partial charge in [-0.05, 0) is 62.2 Å². The Balaban J connectivity index is 1.57. The van der Waals surface area contributed by atoms with E-state index >= 15 is 0 Å². The number of halogens is 4. The van der Waals surface area contributed by atoms with E-state index in [1.54, 1.807) is 4.57 Å². The average Bonchev–Trinajstić information content (AvgIpc) is 3.35. The molecule has 0 aliphatic heterocycles. The van der Waals surface area contributed by atoms with Crippen LogP contribution in [0.5, 0.6) is 0 Å². The van der Waals surface area contributed by atoms with Gasteiger partial charge >= 0.3 is 6.18 Å². The molecule has 1 heterocycles. The second-order valence-electron chi connectivity index (χ2n) is 9.37. The molecule has 0 saturated carbocycles. The molecule has 0 atom stereocenters. The number of aryl methyl sites for hydroxylation is 1. The second kappa shape index (κ2) is 12.8. The topological polar surface area (TPSA) is 132 Å². The molecule has 0 bridgehead atoms. The van der Waals surface area contributed by atoms with Crippen LogP contribution in [0.2, 0.25) is 5.02 Å². The molecule has 10 nitrogen and oxygen atoms in total. The van der Waals surface area contributed by atoms with Crippen molar-refractivity contribution < 1.29 is 27.7 Å². The summed E-state index contributed by atoms with van der Waals surface area (Å²) in [5.41, 5.74) is 1.54. The maximum Gasteiger partial charge on any atom is 0.416 e. The number of nitrogens with one attached hydrogen (secondary N) is 2. The van der Waals surface area contributed by atoms with Crippen molar-refractivity contribution in [2.45, 2.75) is 38.6 Å². The Morgan fingerprint density at radius 1 is 1.05 bits per heavy atom. The first-order valence-corrected chi connectivity index (χ1v) is 14.0. The van der Waals surface area contributed by atoms with Crippen LogP contribution in [0.4, 0.5) is 24.5 Å². The van der Waals surface area contributed by atoms with Gasteiger partial charge in [-0.1, -0.05) is 41.6 Å². The Morgan fingerprint density at radius 3 is 2.47 bits per heavy atom. The smallest absolute Gasteiger partial charge is 0.345 e. The number of benzene rings is 3. The Morgan fingerprint density at radius 2 is 1.77 bits per heavy atom. The highest BCUT2D eigenvalue weighted by atomic mass is 35.5. The predicted octanol–water partition coefficient (Wildman–Crippen LogP) is 6.43. The quantitative estimate of drug-likeness (QED) is 0.123. The summed E-state index contributed by atoms with van der Waals surface area (Å²) in [6, 6.07) is 12.4. The molecule has 43 heavy (non-hydrogen) atoms. The van der Waals surface area contributed by atoms with Gasteiger partial charge in [-0.3, -0.25) is 24.3 Å². The summed E-state index contributed by atoms with van der Waals surface area (Å²) in [5, 5.41) is 25.0. The van der Waals surface area contributed by atoms with Crippen LogP contribution in [0, 0.1) is 30.9 Å². The van der Waals surface area contributed by atoms with Crippen LogP contribution in [0.15, 0.2) is 59.8 Å². The van der Waals surface area contributed by atoms with Gasteiger partial charge in [0.15, 0.2) is 11.0 Å². The highest BCUT2D eigenvalue weighted by Gasteiger charge is 2.31. The number of amides is 2. The maximum atomic E-state index is 13.1. The first kappa shape index (κ1) is 31.5. The molecule has 0 aliphatic rings. The summed E-state index contributed by atoms with van der Waals surface area (Å²) in [6.07, 6.45) is -4.61. The van der Waals surface area contributed by atoms with Crippen molar-refractivity contribution in [1.82, 2.24) is 20.1 Å². The number of carbonyl (C=O) groups is 2. The molecule has 15 heteroatoms. The third-order valence-corrected chi connectivity index (χ3v) is 7.83. The van der Waals surface area contributed by atoms with E-state index in [1.165, 1.54) is 25.1 Å². The zero-order valence-electron chi connectivity index (χ0n) is 23.0. The summed E-state index contributed by atoms with van der Waals surface area (Å²) < 4.78 is 41.0. The van der Waals surface area contributed by atoms with E-state index in [2.05, 4.69) is 20.8 Å². The van der Waals surface area contributed by atoms with E-state index in [-0.39, 0.29) is 45.0 Å². The Hall–Kier alpha value is -4.43. The molecular weight excluding hydrogens is 609 g/mol. The summed E-state index contributed by atoms with van der Waals surface area (Å²) >= 11 is 6.99. The van der Waals surface area contributed by atoms with Crippen molar-refractivity contribution in [2.24, 2.45) is 0 Å². The Bertz CT molecular complexity index is 1730. The number of thioether (sulfide) groups is 1. The third-order valence-electron chi connectivity index (χ3n) is 6.57. The lowest BCUT2D eigenvalue weighted by atomic mass is 10.1. The number of nitrogens with zero attached hydrogens (tertiary/aromatic N) is 4. The molecule has 224 valence electrons. The number of hydrogen-bond donors (Lipinski definition) is 2. The van der Waals surface area contributed by atoms with E-state index < -0.39 is 28.5 Å². The monoisotopic (exact) mass is 632 g/mol. The summed E-state index contributed by atoms with van der Waals surface area (Å²) in [7, 11) is 0. The predicted molar refractivity (Wildman–Crippen MR) is 156 cm³/mol. The lowest BCUT2D eigenvalue weighted by Gasteiger charge is -2.15. The molecule has 0 spiro atoms. The van der Waals surface area contributed by atoms with Gasteiger partial charge < -0.3 is 10.6 Å². The largest absolute Gasteiger partial charge is 0.416 e. The first-order valence-electron chi connectivity index (χ1n) is 12.6. The average molecular weight is 633 g/mol. The summed E-state index contributed by atoms with van der Waals surface area (Å²) in [6.45, 7) is 5.18. The van der Waals surface area contributed by atoms with Crippen LogP contribution in [0.25, 0.3) is 5.69 Å². The van der Waals surface area contributed by atoms with Gasteiger partial charge in [0.1, 0.15) is 0 Å². The van der Waals surface area contributed by atoms with Gasteiger partial charge in [-0.25, -0.2) is 0 Å². The van der Waals surface area contributed by atoms with Crippen molar-refractivity contribution in [1.29, 1.82) is 0 Å². The van der Waals surface area contributed by atoms with E-state index in [0.29, 0.717) is 11.5 Å². The van der Waals surface area contributed by atoms with Gasteiger partial charge in [-0.2, -0.15) is 13.2 Å². The zero-order chi connectivity index (χ0) is 31.5. The standard InChI is InChI=1S/C28H24ClF3N6O4S/c1-15-6-4-8-22(16(15)2)37-24(13-33-26(40)19-7-5-9-23(17(19)3)38(41)42)35-36-27(37)43-14-25(39)34-21-12-18(28(30,31)32)10-11-20(21)29/h4-12H,13-14H2,1-3H3,(H,33,40)(H,34,39). The SMILES string of the molecule is Cc1cccc(-n2c(CNC(=O)c3cccc([N+](=O)[O-])c3C)nnc2SCC(=O)Nc2cc(C(F)(F)F)ccc2Cl)c1C. The number of nitro groups is 1. The Kier molecular flexibility index (Phi) is 9.40. The minimum absolute atomic E-state index is 0.0538. The fraction of sp³-hybridized carbons (Fsp3) is 0.214. The molecule has 0 aliphatic carbocycles. The minimum Gasteiger partial charge on any atom is -0.345 e. The van der Waals surface area contributed by atoms with Crippen molar-refractivity contribution in [3.05, 3.63) is 103 Å². The van der Waals surface area contributed by atoms with Crippen LogP contribution in [-0.2, 0) is 17.5 Å². The van der Waals surface area contributed by atoms with Crippen molar-refractivity contribution in [2.75, 3.05) is 11.1 Å². The molecule has 2 amide bonds. The molecule has 1 aromatic heterocycles. The lowest BCUT2D eigenvalue weighted by molar-refractivity contribution is -0.385. The third kappa shape index (κ3) is 7.14. The van der Waals surface area contributed by atoms with Crippen LogP contribution in [0.1, 0.15) is 38.4 Å². The zero-order valence-corrected chi connectivity index (χ0v) is 24.5. The van der Waals surface area contributed by atoms with Gasteiger partial charge in [0.25, 0.3) is 11.6 Å². The van der Waals surface area contributed by atoms with Crippen molar-refractivity contribution >= 4 is 46.6 Å². The number of rotatable bonds is 9. The van der Waals surface area contributed by atoms with Crippen LogP contribution in [0.3, 0.4) is 0 Å². The van der Waals surface area contributed by atoms with Gasteiger partial charge in [0, 0.05) is 17.2 Å². The van der Waals surface area contributed by atoms with Crippen LogP contribution < -0.4 is 10.6 Å². The van der Waals surface area contributed by atoms with Crippen LogP contribution in [-0.4, -0.2) is 37.3 Å². The fourth-order valence-electron chi connectivity index (χ4n) is 4.16. The van der Waals surface area contributed by atoms with Crippen LogP contribution >= 0.6 is 23.4 Å². The van der Waals surface area contributed by atoms with Gasteiger partial charge in [0.2, 0.25) is 5.91 Å². The summed E-state index contributed by atoms with van der Waals surface area (Å²) in [5.74, 6) is -1.11. The van der Waals surface area contributed by atoms with Crippen molar-refractivity contribution in [3.63, 3.8) is 0 Å². The highest BCUT2D eigenvalue weighted by molar-refractivity contribution is 7.99. The number of alkyl halides is 3. The molecule has 0 radical (unpaired) electrons. The molecule has 2 N–H and O–H groups in total. The van der Waals surface area contributed by atoms with E-state index in [9.17, 15) is 32.9 Å². The lowest BCUT2D eigenvalue weighted by Crippen LogP contribution is -2.25. The number of anilines is 1. The molecule has 4 aromatic rings. The van der Waals surface area contributed by atoms with Gasteiger partial charge in [-0.15, -0.1) is 10.2 Å². The molecule has 0 unspecified atom stereocenters. The van der Waals surface area contributed by atoms with E-state index in [0.717, 1.165) is 41.1 Å². The maximum absolute atomic E-state index is 13.1. The van der Waals surface area contributed by atoms with Gasteiger partial charge in [0.05, 0.1) is 39.2 Å². The number of aromatic nitrogens is 3. The molecule has 0 fully saturated rings. The van der Waals surface area contributed by atoms with E-state index in [4.69, 9.17) is 11.6 Å². The Labute approximate surface area is 252 Å². The van der Waals surface area contributed by atoms with E-state index in [1.807, 2.05) is 32.0 Å².